The monoisotopic (exact) mass is 570 g/mol. The molecule has 0 unspecified atom stereocenters. The van der Waals surface area contributed by atoms with Gasteiger partial charge in [-0.15, -0.1) is 0 Å². The molecular weight excluding hydrogens is 527 g/mol. The Kier molecular flexibility index (Phi) is 8.40. The Balaban J connectivity index is 1.40. The molecule has 3 aliphatic rings. The Morgan fingerprint density at radius 3 is 1.74 bits per heavy atom. The van der Waals surface area contributed by atoms with E-state index in [0.29, 0.717) is 0 Å². The molecule has 0 aliphatic heterocycles. The van der Waals surface area contributed by atoms with Crippen molar-refractivity contribution in [3.05, 3.63) is 42.5 Å². The third-order valence-corrected chi connectivity index (χ3v) is 26.6. The summed E-state index contributed by atoms with van der Waals surface area (Å²) in [7, 11) is 0. The van der Waals surface area contributed by atoms with Crippen LogP contribution < -0.4 is 4.74 Å². The average Bonchev–Trinajstić information content (AvgIpc) is 2.92. The maximum absolute atomic E-state index is 13.6. The summed E-state index contributed by atoms with van der Waals surface area (Å²) in [5.41, 5.74) is 0. The Hall–Kier alpha value is -1.23. The van der Waals surface area contributed by atoms with E-state index in [9.17, 15) is 4.79 Å². The summed E-state index contributed by atoms with van der Waals surface area (Å²) in [6.07, 6.45) is 20.1. The van der Waals surface area contributed by atoms with Crippen LogP contribution in [0.25, 0.3) is 10.8 Å². The maximum atomic E-state index is 13.6. The minimum absolute atomic E-state index is 0.0544. The van der Waals surface area contributed by atoms with Crippen molar-refractivity contribution in [1.82, 2.24) is 0 Å². The number of hydrogen-bond acceptors (Lipinski definition) is 3. The third kappa shape index (κ3) is 5.29. The SMILES string of the molecule is O=C(COc1cccc2ccccc12)[O][Sn]([CH]1CCCCC1)([CH]1CCCCC1)[CH]1CCCCC1. The third-order valence-electron chi connectivity index (χ3n) is 9.12. The molecule has 0 saturated heterocycles. The predicted molar refractivity (Wildman–Crippen MR) is 142 cm³/mol. The number of hydrogen-bond donors (Lipinski definition) is 0. The first kappa shape index (κ1) is 24.5. The van der Waals surface area contributed by atoms with Crippen molar-refractivity contribution >= 4 is 35.5 Å². The average molecular weight is 569 g/mol. The molecule has 5 rings (SSSR count). The molecular formula is C30H42O3Sn. The number of fused-ring (bicyclic) bond motifs is 1. The summed E-state index contributed by atoms with van der Waals surface area (Å²) >= 11 is -3.30. The predicted octanol–water partition coefficient (Wildman–Crippen LogP) is 8.71. The van der Waals surface area contributed by atoms with Crippen molar-refractivity contribution in [2.45, 2.75) is 108 Å². The van der Waals surface area contributed by atoms with Gasteiger partial charge in [0.25, 0.3) is 0 Å². The molecule has 0 heterocycles. The van der Waals surface area contributed by atoms with Gasteiger partial charge in [-0.05, 0) is 0 Å². The topological polar surface area (TPSA) is 35.5 Å². The number of carbonyl (C=O) groups excluding carboxylic acids is 1. The molecule has 4 heteroatoms. The van der Waals surface area contributed by atoms with Crippen LogP contribution in [0.4, 0.5) is 0 Å². The Morgan fingerprint density at radius 1 is 0.676 bits per heavy atom. The molecule has 3 saturated carbocycles. The van der Waals surface area contributed by atoms with E-state index >= 15 is 0 Å². The second-order valence-corrected chi connectivity index (χ2v) is 23.5. The fraction of sp³-hybridized carbons (Fsp3) is 0.633. The van der Waals surface area contributed by atoms with Crippen LogP contribution in [0, 0.1) is 0 Å². The van der Waals surface area contributed by atoms with Crippen molar-refractivity contribution in [3.8, 4) is 5.75 Å². The van der Waals surface area contributed by atoms with Gasteiger partial charge in [-0.2, -0.15) is 0 Å². The molecule has 0 radical (unpaired) electrons. The van der Waals surface area contributed by atoms with Crippen molar-refractivity contribution in [1.29, 1.82) is 0 Å². The number of benzene rings is 2. The summed E-state index contributed by atoms with van der Waals surface area (Å²) in [5.74, 6) is 0.731. The van der Waals surface area contributed by atoms with E-state index in [2.05, 4.69) is 18.2 Å². The van der Waals surface area contributed by atoms with Crippen LogP contribution >= 0.6 is 0 Å². The van der Waals surface area contributed by atoms with Gasteiger partial charge in [0.15, 0.2) is 0 Å². The zero-order valence-electron chi connectivity index (χ0n) is 20.8. The van der Waals surface area contributed by atoms with Gasteiger partial charge >= 0.3 is 211 Å². The molecule has 0 atom stereocenters. The van der Waals surface area contributed by atoms with Crippen LogP contribution in [0.1, 0.15) is 96.3 Å². The molecule has 34 heavy (non-hydrogen) atoms. The summed E-state index contributed by atoms with van der Waals surface area (Å²) in [6.45, 7) is 0.0544. The van der Waals surface area contributed by atoms with Crippen molar-refractivity contribution in [3.63, 3.8) is 0 Å². The Bertz CT molecular complexity index is 888. The fourth-order valence-corrected chi connectivity index (χ4v) is 27.2. The van der Waals surface area contributed by atoms with Crippen molar-refractivity contribution in [2.75, 3.05) is 6.61 Å². The summed E-state index contributed by atoms with van der Waals surface area (Å²) in [6, 6.07) is 14.3. The molecule has 3 nitrogen and oxygen atoms in total. The molecule has 0 spiro atoms. The quantitative estimate of drug-likeness (QED) is 0.313. The van der Waals surface area contributed by atoms with E-state index in [1.54, 1.807) is 0 Å². The Morgan fingerprint density at radius 2 is 1.18 bits per heavy atom. The van der Waals surface area contributed by atoms with Crippen LogP contribution in [0.15, 0.2) is 42.5 Å². The molecule has 184 valence electrons. The first-order valence-electron chi connectivity index (χ1n) is 14.1. The van der Waals surface area contributed by atoms with Gasteiger partial charge in [-0.1, -0.05) is 0 Å². The standard InChI is InChI=1S/C12H10O3.3C6H11.Sn/c13-12(14)8-15-11-7-3-5-9-4-1-2-6-10(9)11;3*1-2-4-6-5-3-1;/h1-7H,8H2,(H,13,14);3*1H,2-6H2;/q;;;;+1/p-1. The minimum atomic E-state index is -3.30. The Labute approximate surface area is 210 Å². The van der Waals surface area contributed by atoms with Crippen LogP contribution in [0.5, 0.6) is 5.75 Å². The first-order valence-corrected chi connectivity index (χ1v) is 20.2. The fourth-order valence-electron chi connectivity index (χ4n) is 7.60. The van der Waals surface area contributed by atoms with Gasteiger partial charge < -0.3 is 0 Å². The van der Waals surface area contributed by atoms with E-state index in [1.807, 2.05) is 24.3 Å². The molecule has 3 fully saturated rings. The number of rotatable bonds is 7. The molecule has 0 bridgehead atoms. The van der Waals surface area contributed by atoms with Gasteiger partial charge in [0.05, 0.1) is 0 Å². The zero-order valence-corrected chi connectivity index (χ0v) is 23.7. The van der Waals surface area contributed by atoms with Gasteiger partial charge in [0.2, 0.25) is 0 Å². The molecule has 0 aromatic heterocycles. The van der Waals surface area contributed by atoms with Gasteiger partial charge in [0.1, 0.15) is 0 Å². The van der Waals surface area contributed by atoms with Crippen LogP contribution in [0.3, 0.4) is 0 Å². The van der Waals surface area contributed by atoms with Gasteiger partial charge in [-0.25, -0.2) is 0 Å². The van der Waals surface area contributed by atoms with E-state index in [-0.39, 0.29) is 12.6 Å². The molecule has 0 amide bonds. The van der Waals surface area contributed by atoms with Gasteiger partial charge in [0, 0.05) is 0 Å². The molecule has 3 aliphatic carbocycles. The normalized spacial score (nSPS) is 21.4. The van der Waals surface area contributed by atoms with E-state index < -0.39 is 18.8 Å². The van der Waals surface area contributed by atoms with E-state index in [4.69, 9.17) is 7.81 Å². The second kappa shape index (κ2) is 11.7. The first-order chi connectivity index (χ1) is 16.8. The van der Waals surface area contributed by atoms with Crippen LogP contribution in [-0.4, -0.2) is 31.4 Å². The summed E-state index contributed by atoms with van der Waals surface area (Å²) < 4.78 is 15.4. The van der Waals surface area contributed by atoms with Crippen LogP contribution in [-0.2, 0) is 7.87 Å². The van der Waals surface area contributed by atoms with E-state index in [1.165, 1.54) is 96.3 Å². The second-order valence-electron chi connectivity index (χ2n) is 11.1. The molecule has 2 aromatic carbocycles. The zero-order chi connectivity index (χ0) is 23.2. The molecule has 2 aromatic rings. The number of carbonyl (C=O) groups is 1. The summed E-state index contributed by atoms with van der Waals surface area (Å²) in [4.78, 5) is 13.6. The van der Waals surface area contributed by atoms with Crippen molar-refractivity contribution < 1.29 is 12.6 Å². The molecule has 0 N–H and O–H groups in total. The van der Waals surface area contributed by atoms with Crippen molar-refractivity contribution in [2.24, 2.45) is 0 Å². The van der Waals surface area contributed by atoms with Crippen LogP contribution in [0.2, 0.25) is 11.8 Å². The number of ether oxygens (including phenoxy) is 1. The van der Waals surface area contributed by atoms with Gasteiger partial charge in [-0.3, -0.25) is 0 Å². The van der Waals surface area contributed by atoms with E-state index in [0.717, 1.165) is 28.3 Å². The summed E-state index contributed by atoms with van der Waals surface area (Å²) in [5, 5.41) is 2.22.